The topological polar surface area (TPSA) is 39.4 Å². The fourth-order valence-electron chi connectivity index (χ4n) is 2.34. The number of ether oxygens (including phenoxy) is 1. The first-order valence-corrected chi connectivity index (χ1v) is 7.52. The minimum absolute atomic E-state index is 0.393. The van der Waals surface area contributed by atoms with Crippen LogP contribution in [0, 0.1) is 0 Å². The van der Waals surface area contributed by atoms with Crippen molar-refractivity contribution in [2.45, 2.75) is 13.3 Å². The van der Waals surface area contributed by atoms with Crippen LogP contribution in [0.15, 0.2) is 57.7 Å². The maximum atomic E-state index is 11.8. The number of halogens is 1. The van der Waals surface area contributed by atoms with Crippen molar-refractivity contribution in [3.63, 3.8) is 0 Å². The Labute approximate surface area is 133 Å². The highest BCUT2D eigenvalue weighted by Gasteiger charge is 2.12. The summed E-state index contributed by atoms with van der Waals surface area (Å²) in [6.07, 6.45) is 0.877. The third kappa shape index (κ3) is 2.85. The molecule has 1 aromatic heterocycles. The zero-order valence-corrected chi connectivity index (χ0v) is 12.9. The van der Waals surface area contributed by atoms with Gasteiger partial charge in [0.1, 0.15) is 11.3 Å². The van der Waals surface area contributed by atoms with Gasteiger partial charge in [0.2, 0.25) is 0 Å². The van der Waals surface area contributed by atoms with Gasteiger partial charge in [-0.15, -0.1) is 0 Å². The molecular formula is C18H15ClO3. The van der Waals surface area contributed by atoms with Crippen LogP contribution in [-0.4, -0.2) is 6.61 Å². The fourth-order valence-corrected chi connectivity index (χ4v) is 2.56. The Kier molecular flexibility index (Phi) is 4.16. The van der Waals surface area contributed by atoms with Crippen LogP contribution in [0.25, 0.3) is 22.1 Å². The molecule has 2 aromatic carbocycles. The van der Waals surface area contributed by atoms with Crippen LogP contribution in [0.1, 0.15) is 13.3 Å². The van der Waals surface area contributed by atoms with Crippen molar-refractivity contribution < 1.29 is 9.15 Å². The van der Waals surface area contributed by atoms with Crippen LogP contribution < -0.4 is 10.4 Å². The summed E-state index contributed by atoms with van der Waals surface area (Å²) in [7, 11) is 0. The second-order valence-corrected chi connectivity index (χ2v) is 5.38. The lowest BCUT2D eigenvalue weighted by molar-refractivity contribution is 0.317. The number of benzene rings is 2. The third-order valence-corrected chi connectivity index (χ3v) is 3.64. The van der Waals surface area contributed by atoms with Gasteiger partial charge < -0.3 is 9.15 Å². The minimum Gasteiger partial charge on any atom is -0.492 e. The van der Waals surface area contributed by atoms with Gasteiger partial charge in [-0.3, -0.25) is 0 Å². The van der Waals surface area contributed by atoms with Crippen molar-refractivity contribution in [1.82, 2.24) is 0 Å². The lowest BCUT2D eigenvalue weighted by Crippen LogP contribution is -2.00. The molecule has 0 aliphatic rings. The zero-order chi connectivity index (χ0) is 15.5. The van der Waals surface area contributed by atoms with E-state index >= 15 is 0 Å². The molecule has 0 aliphatic carbocycles. The van der Waals surface area contributed by atoms with E-state index in [0.717, 1.165) is 22.9 Å². The molecule has 0 unspecified atom stereocenters. The number of hydrogen-bond acceptors (Lipinski definition) is 3. The first kappa shape index (κ1) is 14.7. The molecule has 0 fully saturated rings. The molecule has 0 radical (unpaired) electrons. The Hall–Kier alpha value is -2.26. The van der Waals surface area contributed by atoms with Crippen LogP contribution in [0.3, 0.4) is 0 Å². The van der Waals surface area contributed by atoms with Crippen molar-refractivity contribution in [1.29, 1.82) is 0 Å². The van der Waals surface area contributed by atoms with Crippen molar-refractivity contribution in [3.05, 3.63) is 64.0 Å². The molecule has 22 heavy (non-hydrogen) atoms. The average Bonchev–Trinajstić information content (AvgIpc) is 2.53. The number of hydrogen-bond donors (Lipinski definition) is 0. The van der Waals surface area contributed by atoms with Crippen molar-refractivity contribution in [2.75, 3.05) is 6.61 Å². The van der Waals surface area contributed by atoms with E-state index in [1.54, 1.807) is 12.1 Å². The molecular weight excluding hydrogens is 300 g/mol. The van der Waals surface area contributed by atoms with Gasteiger partial charge in [0, 0.05) is 17.5 Å². The Morgan fingerprint density at radius 1 is 1.14 bits per heavy atom. The highest BCUT2D eigenvalue weighted by atomic mass is 35.5. The van der Waals surface area contributed by atoms with Gasteiger partial charge >= 0.3 is 5.63 Å². The molecule has 4 heteroatoms. The SMILES string of the molecule is CCCOc1cc2oc(=O)cc(-c3ccccc3)c2cc1Cl. The van der Waals surface area contributed by atoms with Gasteiger partial charge in [-0.2, -0.15) is 0 Å². The Morgan fingerprint density at radius 2 is 1.91 bits per heavy atom. The molecule has 0 amide bonds. The van der Waals surface area contributed by atoms with Gasteiger partial charge in [0.15, 0.2) is 0 Å². The summed E-state index contributed by atoms with van der Waals surface area (Å²) in [6.45, 7) is 2.58. The predicted octanol–water partition coefficient (Wildman–Crippen LogP) is 4.90. The maximum Gasteiger partial charge on any atom is 0.336 e. The minimum atomic E-state index is -0.393. The zero-order valence-electron chi connectivity index (χ0n) is 12.1. The van der Waals surface area contributed by atoms with Crippen LogP contribution in [0.2, 0.25) is 5.02 Å². The van der Waals surface area contributed by atoms with Crippen LogP contribution >= 0.6 is 11.6 Å². The lowest BCUT2D eigenvalue weighted by Gasteiger charge is -2.10. The first-order chi connectivity index (χ1) is 10.7. The largest absolute Gasteiger partial charge is 0.492 e. The Bertz CT molecular complexity index is 853. The second kappa shape index (κ2) is 6.24. The summed E-state index contributed by atoms with van der Waals surface area (Å²) in [5.41, 5.74) is 1.83. The molecule has 3 aromatic rings. The highest BCUT2D eigenvalue weighted by Crippen LogP contribution is 2.34. The fraction of sp³-hybridized carbons (Fsp3) is 0.167. The van der Waals surface area contributed by atoms with E-state index in [1.807, 2.05) is 37.3 Å². The van der Waals surface area contributed by atoms with E-state index in [9.17, 15) is 4.79 Å². The van der Waals surface area contributed by atoms with E-state index in [-0.39, 0.29) is 0 Å². The molecule has 1 heterocycles. The normalized spacial score (nSPS) is 10.8. The monoisotopic (exact) mass is 314 g/mol. The summed E-state index contributed by atoms with van der Waals surface area (Å²) in [5, 5.41) is 1.30. The van der Waals surface area contributed by atoms with Crippen LogP contribution in [0.5, 0.6) is 5.75 Å². The first-order valence-electron chi connectivity index (χ1n) is 7.14. The van der Waals surface area contributed by atoms with E-state index in [0.29, 0.717) is 23.0 Å². The summed E-state index contributed by atoms with van der Waals surface area (Å²) in [4.78, 5) is 11.8. The van der Waals surface area contributed by atoms with Gasteiger partial charge in [0.05, 0.1) is 11.6 Å². The molecule has 0 bridgehead atoms. The van der Waals surface area contributed by atoms with Gasteiger partial charge in [-0.05, 0) is 23.6 Å². The van der Waals surface area contributed by atoms with Gasteiger partial charge in [0.25, 0.3) is 0 Å². The summed E-state index contributed by atoms with van der Waals surface area (Å²) >= 11 is 6.29. The molecule has 0 spiro atoms. The summed E-state index contributed by atoms with van der Waals surface area (Å²) < 4.78 is 10.9. The Balaban J connectivity index is 2.22. The molecule has 0 N–H and O–H groups in total. The smallest absolute Gasteiger partial charge is 0.336 e. The van der Waals surface area contributed by atoms with Crippen LogP contribution in [0.4, 0.5) is 0 Å². The average molecular weight is 315 g/mol. The van der Waals surface area contributed by atoms with E-state index in [2.05, 4.69) is 0 Å². The van der Waals surface area contributed by atoms with E-state index in [1.165, 1.54) is 6.07 Å². The van der Waals surface area contributed by atoms with Crippen molar-refractivity contribution >= 4 is 22.6 Å². The molecule has 0 saturated carbocycles. The Morgan fingerprint density at radius 3 is 2.64 bits per heavy atom. The van der Waals surface area contributed by atoms with Gasteiger partial charge in [-0.25, -0.2) is 4.79 Å². The summed E-state index contributed by atoms with van der Waals surface area (Å²) in [6, 6.07) is 14.6. The molecule has 0 aliphatic heterocycles. The molecule has 0 atom stereocenters. The van der Waals surface area contributed by atoms with Crippen molar-refractivity contribution in [2.24, 2.45) is 0 Å². The predicted molar refractivity (Wildman–Crippen MR) is 88.7 cm³/mol. The number of fused-ring (bicyclic) bond motifs is 1. The standard InChI is InChI=1S/C18H15ClO3/c1-2-8-21-17-11-16-14(9-15(17)19)13(10-18(20)22-16)12-6-4-3-5-7-12/h3-7,9-11H,2,8H2,1H3. The van der Waals surface area contributed by atoms with E-state index in [4.69, 9.17) is 20.8 Å². The third-order valence-electron chi connectivity index (χ3n) is 3.34. The van der Waals surface area contributed by atoms with Crippen molar-refractivity contribution in [3.8, 4) is 16.9 Å². The quantitative estimate of drug-likeness (QED) is 0.643. The lowest BCUT2D eigenvalue weighted by atomic mass is 10.0. The molecule has 112 valence electrons. The van der Waals surface area contributed by atoms with Crippen LogP contribution in [-0.2, 0) is 0 Å². The second-order valence-electron chi connectivity index (χ2n) is 4.97. The molecule has 3 nitrogen and oxygen atoms in total. The summed E-state index contributed by atoms with van der Waals surface area (Å²) in [5.74, 6) is 0.532. The van der Waals surface area contributed by atoms with Gasteiger partial charge in [-0.1, -0.05) is 48.9 Å². The highest BCUT2D eigenvalue weighted by molar-refractivity contribution is 6.33. The molecule has 0 saturated heterocycles. The molecule has 3 rings (SSSR count). The number of rotatable bonds is 4. The maximum absolute atomic E-state index is 11.8. The van der Waals surface area contributed by atoms with E-state index < -0.39 is 5.63 Å².